The van der Waals surface area contributed by atoms with Crippen LogP contribution in [0.4, 0.5) is 11.4 Å². The molecule has 0 aliphatic heterocycles. The van der Waals surface area contributed by atoms with Crippen LogP contribution in [0.3, 0.4) is 0 Å². The van der Waals surface area contributed by atoms with Crippen LogP contribution in [-0.2, 0) is 0 Å². The van der Waals surface area contributed by atoms with Gasteiger partial charge in [-0.1, -0.05) is 24.3 Å². The summed E-state index contributed by atoms with van der Waals surface area (Å²) in [6.07, 6.45) is 0. The Morgan fingerprint density at radius 1 is 1.25 bits per heavy atom. The van der Waals surface area contributed by atoms with E-state index in [1.54, 1.807) is 18.2 Å². The zero-order valence-corrected chi connectivity index (χ0v) is 7.95. The van der Waals surface area contributed by atoms with E-state index in [9.17, 15) is 20.1 Å². The van der Waals surface area contributed by atoms with Gasteiger partial charge < -0.3 is 5.11 Å². The summed E-state index contributed by atoms with van der Waals surface area (Å²) in [7, 11) is 0. The first kappa shape index (κ1) is 10.0. The average Bonchev–Trinajstić information content (AvgIpc) is 2.29. The van der Waals surface area contributed by atoms with Gasteiger partial charge in [-0.3, -0.25) is 10.1 Å². The molecular weight excluding hydrogens is 212 g/mol. The maximum atomic E-state index is 10.6. The number of hydrogen-bond donors (Lipinski definition) is 1. The van der Waals surface area contributed by atoms with Crippen LogP contribution in [0.1, 0.15) is 0 Å². The molecule has 2 aromatic carbocycles. The van der Waals surface area contributed by atoms with Gasteiger partial charge in [-0.2, -0.15) is 0 Å². The van der Waals surface area contributed by atoms with Crippen LogP contribution < -0.4 is 0 Å². The molecule has 2 rings (SSSR count). The maximum absolute atomic E-state index is 10.6. The van der Waals surface area contributed by atoms with E-state index in [1.807, 2.05) is 0 Å². The van der Waals surface area contributed by atoms with Gasteiger partial charge in [0, 0.05) is 16.8 Å². The van der Waals surface area contributed by atoms with Gasteiger partial charge in [0.15, 0.2) is 0 Å². The molecule has 80 valence electrons. The van der Waals surface area contributed by atoms with Crippen LogP contribution in [0.25, 0.3) is 10.8 Å². The topological polar surface area (TPSA) is 92.8 Å². The number of hydrogen-bond acceptors (Lipinski definition) is 5. The highest BCUT2D eigenvalue weighted by molar-refractivity contribution is 5.99. The van der Waals surface area contributed by atoms with Crippen molar-refractivity contribution in [3.05, 3.63) is 45.4 Å². The predicted octanol–water partition coefficient (Wildman–Crippen LogP) is 2.85. The molecule has 0 heterocycles. The average molecular weight is 218 g/mol. The summed E-state index contributed by atoms with van der Waals surface area (Å²) in [4.78, 5) is 20.4. The van der Waals surface area contributed by atoms with Gasteiger partial charge >= 0.3 is 5.69 Å². The molecule has 16 heavy (non-hydrogen) atoms. The van der Waals surface area contributed by atoms with E-state index < -0.39 is 16.4 Å². The molecule has 6 heteroatoms. The number of nitrogens with zero attached hydrogens (tertiary/aromatic N) is 2. The van der Waals surface area contributed by atoms with E-state index in [1.165, 1.54) is 6.07 Å². The highest BCUT2D eigenvalue weighted by atomic mass is 16.6. The summed E-state index contributed by atoms with van der Waals surface area (Å²) < 4.78 is 0. The van der Waals surface area contributed by atoms with Gasteiger partial charge in [-0.25, -0.2) is 0 Å². The van der Waals surface area contributed by atoms with Crippen LogP contribution in [0.15, 0.2) is 35.5 Å². The van der Waals surface area contributed by atoms with E-state index in [4.69, 9.17) is 0 Å². The Morgan fingerprint density at radius 3 is 2.44 bits per heavy atom. The molecule has 6 nitrogen and oxygen atoms in total. The fourth-order valence-electron chi connectivity index (χ4n) is 1.54. The second kappa shape index (κ2) is 3.58. The summed E-state index contributed by atoms with van der Waals surface area (Å²) in [6, 6.07) is 7.29. The molecular formula is C10H6N2O4. The third-order valence-corrected chi connectivity index (χ3v) is 2.27. The first-order valence-electron chi connectivity index (χ1n) is 4.37. The summed E-state index contributed by atoms with van der Waals surface area (Å²) in [5, 5.41) is 23.6. The number of benzene rings is 2. The molecule has 0 amide bonds. The SMILES string of the molecule is O=Nc1cc([N+](=O)[O-])c(O)c2ccccc12. The van der Waals surface area contributed by atoms with Crippen LogP contribution in [-0.4, -0.2) is 10.0 Å². The lowest BCUT2D eigenvalue weighted by Gasteiger charge is -2.03. The molecule has 0 saturated heterocycles. The van der Waals surface area contributed by atoms with Gasteiger partial charge in [0.1, 0.15) is 5.69 Å². The first-order chi connectivity index (χ1) is 7.65. The van der Waals surface area contributed by atoms with Crippen molar-refractivity contribution in [1.29, 1.82) is 0 Å². The van der Waals surface area contributed by atoms with Gasteiger partial charge in [-0.15, -0.1) is 4.91 Å². The van der Waals surface area contributed by atoms with Crippen molar-refractivity contribution >= 4 is 22.1 Å². The number of nitroso groups, excluding NO2 is 1. The minimum atomic E-state index is -0.754. The van der Waals surface area contributed by atoms with Crippen molar-refractivity contribution in [2.45, 2.75) is 0 Å². The first-order valence-corrected chi connectivity index (χ1v) is 4.37. The molecule has 0 aliphatic rings. The summed E-state index contributed by atoms with van der Waals surface area (Å²) >= 11 is 0. The molecule has 0 fully saturated rings. The summed E-state index contributed by atoms with van der Waals surface area (Å²) in [5.41, 5.74) is -0.576. The van der Waals surface area contributed by atoms with Crippen LogP contribution >= 0.6 is 0 Å². The van der Waals surface area contributed by atoms with E-state index in [2.05, 4.69) is 5.18 Å². The Kier molecular flexibility index (Phi) is 2.24. The molecule has 2 aromatic rings. The van der Waals surface area contributed by atoms with Crippen molar-refractivity contribution in [3.63, 3.8) is 0 Å². The molecule has 0 saturated carbocycles. The fraction of sp³-hybridized carbons (Fsp3) is 0. The number of nitro groups is 1. The normalized spacial score (nSPS) is 10.2. The van der Waals surface area contributed by atoms with E-state index in [0.29, 0.717) is 5.39 Å². The Bertz CT molecular complexity index is 595. The highest BCUT2D eigenvalue weighted by Crippen LogP contribution is 2.39. The molecule has 0 spiro atoms. The van der Waals surface area contributed by atoms with Crippen molar-refractivity contribution in [1.82, 2.24) is 0 Å². The number of phenolic OH excluding ortho intramolecular Hbond substituents is 1. The second-order valence-corrected chi connectivity index (χ2v) is 3.16. The molecule has 0 bridgehead atoms. The van der Waals surface area contributed by atoms with Gasteiger partial charge in [-0.05, 0) is 5.18 Å². The fourth-order valence-corrected chi connectivity index (χ4v) is 1.54. The van der Waals surface area contributed by atoms with Crippen LogP contribution in [0, 0.1) is 15.0 Å². The third-order valence-electron chi connectivity index (χ3n) is 2.27. The molecule has 1 N–H and O–H groups in total. The minimum absolute atomic E-state index is 0.0555. The largest absolute Gasteiger partial charge is 0.502 e. The standard InChI is InChI=1S/C10H6N2O4/c13-10-7-4-2-1-3-6(7)8(11-14)5-9(10)12(15)16/h1-5,13H. The lowest BCUT2D eigenvalue weighted by atomic mass is 10.1. The van der Waals surface area contributed by atoms with Crippen molar-refractivity contribution in [2.75, 3.05) is 0 Å². The second-order valence-electron chi connectivity index (χ2n) is 3.16. The predicted molar refractivity (Wildman–Crippen MR) is 57.7 cm³/mol. The van der Waals surface area contributed by atoms with E-state index in [-0.39, 0.29) is 11.1 Å². The molecule has 0 unspecified atom stereocenters. The smallest absolute Gasteiger partial charge is 0.313 e. The monoisotopic (exact) mass is 218 g/mol. The lowest BCUT2D eigenvalue weighted by molar-refractivity contribution is -0.385. The molecule has 0 radical (unpaired) electrons. The van der Waals surface area contributed by atoms with Crippen molar-refractivity contribution in [2.24, 2.45) is 5.18 Å². The van der Waals surface area contributed by atoms with Crippen molar-refractivity contribution in [3.8, 4) is 5.75 Å². The molecule has 0 atom stereocenters. The van der Waals surface area contributed by atoms with Crippen LogP contribution in [0.5, 0.6) is 5.75 Å². The number of rotatable bonds is 2. The summed E-state index contributed by atoms with van der Waals surface area (Å²) in [5.74, 6) is -0.451. The summed E-state index contributed by atoms with van der Waals surface area (Å²) in [6.45, 7) is 0. The number of aromatic hydroxyl groups is 1. The van der Waals surface area contributed by atoms with E-state index >= 15 is 0 Å². The molecule has 0 aliphatic carbocycles. The van der Waals surface area contributed by atoms with E-state index in [0.717, 1.165) is 6.07 Å². The quantitative estimate of drug-likeness (QED) is 0.476. The lowest BCUT2D eigenvalue weighted by Crippen LogP contribution is -1.89. The number of nitro benzene ring substituents is 1. The maximum Gasteiger partial charge on any atom is 0.313 e. The Morgan fingerprint density at radius 2 is 1.88 bits per heavy atom. The zero-order valence-electron chi connectivity index (χ0n) is 7.95. The Labute approximate surface area is 89.3 Å². The molecule has 0 aromatic heterocycles. The minimum Gasteiger partial charge on any atom is -0.502 e. The Hall–Kier alpha value is -2.50. The number of phenols is 1. The third kappa shape index (κ3) is 1.36. The number of fused-ring (bicyclic) bond motifs is 1. The zero-order chi connectivity index (χ0) is 11.7. The van der Waals surface area contributed by atoms with Gasteiger partial charge in [0.25, 0.3) is 0 Å². The van der Waals surface area contributed by atoms with Crippen molar-refractivity contribution < 1.29 is 10.0 Å². The highest BCUT2D eigenvalue weighted by Gasteiger charge is 2.19. The van der Waals surface area contributed by atoms with Gasteiger partial charge in [0.05, 0.1) is 4.92 Å². The Balaban J connectivity index is 2.93. The van der Waals surface area contributed by atoms with Crippen LogP contribution in [0.2, 0.25) is 0 Å². The van der Waals surface area contributed by atoms with Gasteiger partial charge in [0.2, 0.25) is 5.75 Å².